The largest absolute Gasteiger partial charge is 0.472 e. The minimum absolute atomic E-state index is 0.0130. The van der Waals surface area contributed by atoms with Crippen LogP contribution in [0.2, 0.25) is 5.15 Å². The van der Waals surface area contributed by atoms with Crippen molar-refractivity contribution >= 4 is 27.6 Å². The molecule has 0 aliphatic carbocycles. The summed E-state index contributed by atoms with van der Waals surface area (Å²) in [5, 5.41) is 0.335. The first-order valence-electron chi connectivity index (χ1n) is 10.4. The van der Waals surface area contributed by atoms with Crippen molar-refractivity contribution in [2.75, 3.05) is 30.9 Å². The van der Waals surface area contributed by atoms with Gasteiger partial charge in [-0.1, -0.05) is 18.0 Å². The molecule has 4 atom stereocenters. The Morgan fingerprint density at radius 2 is 2.00 bits per heavy atom. The molecule has 10 heteroatoms. The van der Waals surface area contributed by atoms with Gasteiger partial charge in [-0.2, -0.15) is 9.29 Å². The van der Waals surface area contributed by atoms with Gasteiger partial charge in [-0.15, -0.1) is 0 Å². The molecule has 0 aromatic carbocycles. The zero-order chi connectivity index (χ0) is 20.6. The van der Waals surface area contributed by atoms with Crippen LogP contribution in [-0.4, -0.2) is 72.9 Å². The number of hydrogen-bond donors (Lipinski definition) is 0. The average molecular weight is 445 g/mol. The molecule has 1 aromatic heterocycles. The maximum atomic E-state index is 12.6. The Kier molecular flexibility index (Phi) is 6.20. The lowest BCUT2D eigenvalue weighted by Crippen LogP contribution is -2.58. The molecule has 3 saturated heterocycles. The molecule has 0 N–H and O–H groups in total. The number of hydrogen-bond acceptors (Lipinski definition) is 7. The van der Waals surface area contributed by atoms with Crippen LogP contribution in [0.4, 0.5) is 5.95 Å². The smallest absolute Gasteiger partial charge is 0.230 e. The zero-order valence-electron chi connectivity index (χ0n) is 17.0. The normalized spacial score (nSPS) is 30.3. The summed E-state index contributed by atoms with van der Waals surface area (Å²) in [6.45, 7) is 2.97. The average Bonchev–Trinajstić information content (AvgIpc) is 3.18. The van der Waals surface area contributed by atoms with Gasteiger partial charge in [0.2, 0.25) is 21.9 Å². The van der Waals surface area contributed by atoms with Gasteiger partial charge in [0.25, 0.3) is 0 Å². The summed E-state index contributed by atoms with van der Waals surface area (Å²) in [5.74, 6) is 1.12. The number of sulfonamides is 1. The van der Waals surface area contributed by atoms with Crippen molar-refractivity contribution in [1.29, 1.82) is 0 Å². The van der Waals surface area contributed by atoms with Gasteiger partial charge in [-0.3, -0.25) is 0 Å². The van der Waals surface area contributed by atoms with Gasteiger partial charge in [0.15, 0.2) is 0 Å². The van der Waals surface area contributed by atoms with Crippen molar-refractivity contribution in [3.63, 3.8) is 0 Å². The van der Waals surface area contributed by atoms with Gasteiger partial charge in [0, 0.05) is 37.7 Å². The van der Waals surface area contributed by atoms with Crippen molar-refractivity contribution in [2.45, 2.75) is 69.7 Å². The summed E-state index contributed by atoms with van der Waals surface area (Å²) < 4.78 is 38.3. The standard InChI is InChI=1S/C19H29ClN4O4S/c1-3-29(25,26)24-13-5-4-6-14(24)10-15(9-13)23(2)19-21-17(20)11-18(22-19)28-16-7-8-27-12-16/h11,13-16H,3-10,12H2,1-2H3/t13-,14+,15-,16-/m1/s1. The summed E-state index contributed by atoms with van der Waals surface area (Å²) >= 11 is 6.24. The first-order chi connectivity index (χ1) is 13.9. The van der Waals surface area contributed by atoms with Crippen LogP contribution in [0.5, 0.6) is 5.88 Å². The van der Waals surface area contributed by atoms with E-state index >= 15 is 0 Å². The fourth-order valence-corrected chi connectivity index (χ4v) is 6.53. The minimum Gasteiger partial charge on any atom is -0.472 e. The Morgan fingerprint density at radius 3 is 2.62 bits per heavy atom. The molecular formula is C19H29ClN4O4S. The highest BCUT2D eigenvalue weighted by molar-refractivity contribution is 7.89. The lowest BCUT2D eigenvalue weighted by Gasteiger charge is -2.49. The van der Waals surface area contributed by atoms with Crippen LogP contribution in [0.15, 0.2) is 6.07 Å². The highest BCUT2D eigenvalue weighted by Gasteiger charge is 2.45. The Hall–Kier alpha value is -1.16. The second-order valence-electron chi connectivity index (χ2n) is 8.14. The lowest BCUT2D eigenvalue weighted by molar-refractivity contribution is 0.109. The fourth-order valence-electron chi connectivity index (χ4n) is 4.77. The molecule has 8 nitrogen and oxygen atoms in total. The number of anilines is 1. The van der Waals surface area contributed by atoms with E-state index in [1.54, 1.807) is 17.3 Å². The van der Waals surface area contributed by atoms with E-state index in [1.807, 2.05) is 11.9 Å². The second kappa shape index (κ2) is 8.53. The molecule has 1 aromatic rings. The lowest BCUT2D eigenvalue weighted by atomic mass is 9.83. The summed E-state index contributed by atoms with van der Waals surface area (Å²) in [7, 11) is -1.23. The van der Waals surface area contributed by atoms with Crippen LogP contribution in [-0.2, 0) is 14.8 Å². The van der Waals surface area contributed by atoms with Gasteiger partial charge in [-0.25, -0.2) is 13.4 Å². The molecule has 0 radical (unpaired) electrons. The number of fused-ring (bicyclic) bond motifs is 2. The monoisotopic (exact) mass is 444 g/mol. The summed E-state index contributed by atoms with van der Waals surface area (Å²) in [6.07, 6.45) is 5.26. The third kappa shape index (κ3) is 4.47. The quantitative estimate of drug-likeness (QED) is 0.623. The topological polar surface area (TPSA) is 84.9 Å². The zero-order valence-corrected chi connectivity index (χ0v) is 18.5. The van der Waals surface area contributed by atoms with Crippen molar-refractivity contribution in [1.82, 2.24) is 14.3 Å². The number of aromatic nitrogens is 2. The van der Waals surface area contributed by atoms with Crippen LogP contribution in [0, 0.1) is 0 Å². The maximum absolute atomic E-state index is 12.6. The summed E-state index contributed by atoms with van der Waals surface area (Å²) in [4.78, 5) is 11.0. The van der Waals surface area contributed by atoms with E-state index in [2.05, 4.69) is 9.97 Å². The summed E-state index contributed by atoms with van der Waals surface area (Å²) in [5.41, 5.74) is 0. The van der Waals surface area contributed by atoms with E-state index in [0.29, 0.717) is 30.2 Å². The van der Waals surface area contributed by atoms with Crippen LogP contribution in [0.1, 0.15) is 45.4 Å². The summed E-state index contributed by atoms with van der Waals surface area (Å²) in [6, 6.07) is 1.88. The number of halogens is 1. The maximum Gasteiger partial charge on any atom is 0.230 e. The molecular weight excluding hydrogens is 416 g/mol. The molecule has 4 rings (SSSR count). The van der Waals surface area contributed by atoms with Crippen molar-refractivity contribution in [3.8, 4) is 5.88 Å². The molecule has 0 saturated carbocycles. The molecule has 3 aliphatic heterocycles. The Morgan fingerprint density at radius 1 is 1.28 bits per heavy atom. The highest BCUT2D eigenvalue weighted by atomic mass is 35.5. The van der Waals surface area contributed by atoms with Crippen LogP contribution >= 0.6 is 11.6 Å². The number of piperidine rings is 2. The predicted molar refractivity (Wildman–Crippen MR) is 111 cm³/mol. The molecule has 2 bridgehead atoms. The molecule has 4 heterocycles. The van der Waals surface area contributed by atoms with Crippen LogP contribution in [0.25, 0.3) is 0 Å². The van der Waals surface area contributed by atoms with Crippen molar-refractivity contribution < 1.29 is 17.9 Å². The molecule has 0 unspecified atom stereocenters. The number of rotatable bonds is 6. The first-order valence-corrected chi connectivity index (χ1v) is 12.4. The molecule has 0 spiro atoms. The fraction of sp³-hybridized carbons (Fsp3) is 0.789. The Bertz CT molecular complexity index is 819. The van der Waals surface area contributed by atoms with Crippen LogP contribution < -0.4 is 9.64 Å². The highest BCUT2D eigenvalue weighted by Crippen LogP contribution is 2.38. The van der Waals surface area contributed by atoms with Crippen molar-refractivity contribution in [3.05, 3.63) is 11.2 Å². The van der Waals surface area contributed by atoms with Gasteiger partial charge >= 0.3 is 0 Å². The van der Waals surface area contributed by atoms with Gasteiger partial charge in [-0.05, 0) is 32.6 Å². The number of nitrogens with zero attached hydrogens (tertiary/aromatic N) is 4. The van der Waals surface area contributed by atoms with Gasteiger partial charge < -0.3 is 14.4 Å². The van der Waals surface area contributed by atoms with E-state index in [9.17, 15) is 8.42 Å². The molecule has 29 heavy (non-hydrogen) atoms. The SMILES string of the molecule is CCS(=O)(=O)N1[C@@H]2CCC[C@H]1C[C@H](N(C)c1nc(Cl)cc(O[C@@H]3CCOC3)n1)C2. The molecule has 162 valence electrons. The Balaban J connectivity index is 1.51. The van der Waals surface area contributed by atoms with E-state index < -0.39 is 10.0 Å². The third-order valence-electron chi connectivity index (χ3n) is 6.27. The molecule has 3 fully saturated rings. The molecule has 0 amide bonds. The van der Waals surface area contributed by atoms with Crippen molar-refractivity contribution in [2.24, 2.45) is 0 Å². The van der Waals surface area contributed by atoms with Gasteiger partial charge in [0.05, 0.1) is 19.0 Å². The number of ether oxygens (including phenoxy) is 2. The van der Waals surface area contributed by atoms with Crippen LogP contribution in [0.3, 0.4) is 0 Å². The van der Waals surface area contributed by atoms with E-state index in [4.69, 9.17) is 21.1 Å². The Labute approximate surface area is 177 Å². The predicted octanol–water partition coefficient (Wildman–Crippen LogP) is 2.47. The second-order valence-corrected chi connectivity index (χ2v) is 10.7. The minimum atomic E-state index is -3.19. The van der Waals surface area contributed by atoms with E-state index in [0.717, 1.165) is 38.5 Å². The first kappa shape index (κ1) is 21.1. The van der Waals surface area contributed by atoms with Gasteiger partial charge in [0.1, 0.15) is 11.3 Å². The van der Waals surface area contributed by atoms with E-state index in [-0.39, 0.29) is 30.0 Å². The molecule has 3 aliphatic rings. The third-order valence-corrected chi connectivity index (χ3v) is 8.43. The van der Waals surface area contributed by atoms with E-state index in [1.165, 1.54) is 0 Å².